The van der Waals surface area contributed by atoms with Gasteiger partial charge in [0.2, 0.25) is 0 Å². The van der Waals surface area contributed by atoms with Crippen molar-refractivity contribution in [3.8, 4) is 16.9 Å². The first-order valence-corrected chi connectivity index (χ1v) is 5.74. The average Bonchev–Trinajstić information content (AvgIpc) is 2.82. The van der Waals surface area contributed by atoms with E-state index >= 15 is 0 Å². The molecule has 2 rings (SSSR count). The molecule has 0 bridgehead atoms. The van der Waals surface area contributed by atoms with Gasteiger partial charge in [-0.2, -0.15) is 0 Å². The van der Waals surface area contributed by atoms with Crippen LogP contribution in [0.3, 0.4) is 0 Å². The quantitative estimate of drug-likeness (QED) is 0.901. The molecule has 0 aliphatic rings. The third kappa shape index (κ3) is 2.09. The van der Waals surface area contributed by atoms with Gasteiger partial charge in [0.15, 0.2) is 0 Å². The normalized spacial score (nSPS) is 10.3. The number of aromatic carboxylic acids is 1. The van der Waals surface area contributed by atoms with E-state index in [0.717, 1.165) is 5.56 Å². The van der Waals surface area contributed by atoms with E-state index in [0.29, 0.717) is 23.6 Å². The second-order valence-electron chi connectivity index (χ2n) is 3.90. The third-order valence-corrected chi connectivity index (χ3v) is 2.89. The Kier molecular flexibility index (Phi) is 3.37. The zero-order valence-corrected chi connectivity index (χ0v) is 10.4. The highest BCUT2D eigenvalue weighted by molar-refractivity contribution is 5.94. The van der Waals surface area contributed by atoms with Crippen LogP contribution in [0.15, 0.2) is 36.5 Å². The molecule has 4 heteroatoms. The number of carbonyl (C=O) groups is 1. The van der Waals surface area contributed by atoms with Crippen molar-refractivity contribution in [2.24, 2.45) is 0 Å². The molecule has 1 heterocycles. The maximum absolute atomic E-state index is 11.3. The van der Waals surface area contributed by atoms with Gasteiger partial charge in [-0.3, -0.25) is 0 Å². The van der Waals surface area contributed by atoms with E-state index in [1.54, 1.807) is 17.9 Å². The van der Waals surface area contributed by atoms with Crippen LogP contribution in [0.1, 0.15) is 17.4 Å². The van der Waals surface area contributed by atoms with Gasteiger partial charge in [-0.15, -0.1) is 0 Å². The molecule has 0 atom stereocenters. The van der Waals surface area contributed by atoms with Crippen LogP contribution in [0, 0.1) is 0 Å². The Balaban J connectivity index is 2.56. The van der Waals surface area contributed by atoms with Gasteiger partial charge in [-0.05, 0) is 30.7 Å². The van der Waals surface area contributed by atoms with Crippen molar-refractivity contribution in [3.05, 3.63) is 42.2 Å². The van der Waals surface area contributed by atoms with Crippen molar-refractivity contribution >= 4 is 5.97 Å². The Labute approximate surface area is 105 Å². The zero-order valence-electron chi connectivity index (χ0n) is 10.4. The molecule has 0 saturated carbocycles. The number of rotatable bonds is 4. The van der Waals surface area contributed by atoms with E-state index in [-0.39, 0.29) is 0 Å². The van der Waals surface area contributed by atoms with E-state index in [1.807, 2.05) is 37.3 Å². The lowest BCUT2D eigenvalue weighted by Crippen LogP contribution is -2.07. The van der Waals surface area contributed by atoms with Gasteiger partial charge in [0.05, 0.1) is 7.11 Å². The molecule has 1 aromatic heterocycles. The highest BCUT2D eigenvalue weighted by atomic mass is 16.5. The number of carboxylic acids is 1. The number of nitrogens with zero attached hydrogens (tertiary/aromatic N) is 1. The van der Waals surface area contributed by atoms with Crippen molar-refractivity contribution in [2.75, 3.05) is 7.11 Å². The minimum Gasteiger partial charge on any atom is -0.497 e. The van der Waals surface area contributed by atoms with E-state index in [1.165, 1.54) is 0 Å². The molecule has 94 valence electrons. The van der Waals surface area contributed by atoms with E-state index in [4.69, 9.17) is 4.74 Å². The third-order valence-electron chi connectivity index (χ3n) is 2.89. The summed E-state index contributed by atoms with van der Waals surface area (Å²) in [5.74, 6) is -0.201. The molecule has 4 nitrogen and oxygen atoms in total. The van der Waals surface area contributed by atoms with Gasteiger partial charge in [-0.1, -0.05) is 12.1 Å². The summed E-state index contributed by atoms with van der Waals surface area (Å²) >= 11 is 0. The van der Waals surface area contributed by atoms with Gasteiger partial charge in [0, 0.05) is 18.3 Å². The predicted octanol–water partition coefficient (Wildman–Crippen LogP) is 2.88. The smallest absolute Gasteiger partial charge is 0.353 e. The second kappa shape index (κ2) is 4.96. The van der Waals surface area contributed by atoms with E-state index in [9.17, 15) is 9.90 Å². The number of carboxylic acid groups (broad SMARTS) is 1. The molecule has 0 fully saturated rings. The lowest BCUT2D eigenvalue weighted by atomic mass is 10.1. The lowest BCUT2D eigenvalue weighted by molar-refractivity contribution is 0.0686. The maximum Gasteiger partial charge on any atom is 0.353 e. The predicted molar refractivity (Wildman–Crippen MR) is 69.1 cm³/mol. The van der Waals surface area contributed by atoms with Crippen LogP contribution in [-0.2, 0) is 6.54 Å². The van der Waals surface area contributed by atoms with Gasteiger partial charge >= 0.3 is 5.97 Å². The van der Waals surface area contributed by atoms with E-state index < -0.39 is 5.97 Å². The lowest BCUT2D eigenvalue weighted by Gasteiger charge is -2.06. The second-order valence-corrected chi connectivity index (χ2v) is 3.90. The van der Waals surface area contributed by atoms with Crippen molar-refractivity contribution in [1.29, 1.82) is 0 Å². The monoisotopic (exact) mass is 245 g/mol. The van der Waals surface area contributed by atoms with Crippen molar-refractivity contribution in [2.45, 2.75) is 13.5 Å². The molecule has 0 spiro atoms. The highest BCUT2D eigenvalue weighted by Gasteiger charge is 2.16. The molecule has 0 radical (unpaired) electrons. The molecule has 1 aromatic carbocycles. The summed E-state index contributed by atoms with van der Waals surface area (Å²) in [7, 11) is 1.59. The first kappa shape index (κ1) is 12.2. The summed E-state index contributed by atoms with van der Waals surface area (Å²) < 4.78 is 6.87. The first-order valence-electron chi connectivity index (χ1n) is 5.74. The van der Waals surface area contributed by atoms with Crippen molar-refractivity contribution < 1.29 is 14.6 Å². The maximum atomic E-state index is 11.3. The largest absolute Gasteiger partial charge is 0.497 e. The molecule has 0 saturated heterocycles. The number of benzene rings is 1. The molecule has 2 aromatic rings. The van der Waals surface area contributed by atoms with Gasteiger partial charge in [0.25, 0.3) is 0 Å². The minimum atomic E-state index is -0.917. The van der Waals surface area contributed by atoms with E-state index in [2.05, 4.69) is 0 Å². The molecular formula is C14H15NO3. The average molecular weight is 245 g/mol. The molecule has 0 aliphatic heterocycles. The van der Waals surface area contributed by atoms with Gasteiger partial charge in [-0.25, -0.2) is 4.79 Å². The van der Waals surface area contributed by atoms with Crippen LogP contribution < -0.4 is 4.74 Å². The SMILES string of the molecule is CCn1ccc(-c2cccc(OC)c2)c1C(=O)O. The number of aryl methyl sites for hydroxylation is 1. The first-order chi connectivity index (χ1) is 8.67. The van der Waals surface area contributed by atoms with Gasteiger partial charge < -0.3 is 14.4 Å². The van der Waals surface area contributed by atoms with Crippen molar-refractivity contribution in [3.63, 3.8) is 0 Å². The van der Waals surface area contributed by atoms with Crippen LogP contribution >= 0.6 is 0 Å². The number of hydrogen-bond donors (Lipinski definition) is 1. The summed E-state index contributed by atoms with van der Waals surface area (Å²) in [5.41, 5.74) is 1.87. The standard InChI is InChI=1S/C14H15NO3/c1-3-15-8-7-12(13(15)14(16)17)10-5-4-6-11(9-10)18-2/h4-9H,3H2,1-2H3,(H,16,17). The molecule has 1 N–H and O–H groups in total. The Morgan fingerprint density at radius 3 is 2.78 bits per heavy atom. The van der Waals surface area contributed by atoms with Crippen LogP contribution in [0.25, 0.3) is 11.1 Å². The summed E-state index contributed by atoms with van der Waals surface area (Å²) in [6, 6.07) is 9.22. The summed E-state index contributed by atoms with van der Waals surface area (Å²) in [4.78, 5) is 11.3. The van der Waals surface area contributed by atoms with Crippen LogP contribution in [-0.4, -0.2) is 22.8 Å². The summed E-state index contributed by atoms with van der Waals surface area (Å²) in [6.07, 6.45) is 1.79. The van der Waals surface area contributed by atoms with Gasteiger partial charge in [0.1, 0.15) is 11.4 Å². The Morgan fingerprint density at radius 2 is 2.17 bits per heavy atom. The zero-order chi connectivity index (χ0) is 13.1. The fourth-order valence-corrected chi connectivity index (χ4v) is 2.00. The summed E-state index contributed by atoms with van der Waals surface area (Å²) in [6.45, 7) is 2.55. The summed E-state index contributed by atoms with van der Waals surface area (Å²) in [5, 5.41) is 9.30. The Bertz CT molecular complexity index is 572. The van der Waals surface area contributed by atoms with Crippen molar-refractivity contribution in [1.82, 2.24) is 4.57 Å². The fourth-order valence-electron chi connectivity index (χ4n) is 2.00. The van der Waals surface area contributed by atoms with Crippen LogP contribution in [0.2, 0.25) is 0 Å². The molecular weight excluding hydrogens is 230 g/mol. The molecule has 0 unspecified atom stereocenters. The van der Waals surface area contributed by atoms with Crippen LogP contribution in [0.5, 0.6) is 5.75 Å². The Hall–Kier alpha value is -2.23. The molecule has 18 heavy (non-hydrogen) atoms. The number of hydrogen-bond acceptors (Lipinski definition) is 2. The number of ether oxygens (including phenoxy) is 1. The minimum absolute atomic E-state index is 0.311. The molecule has 0 amide bonds. The van der Waals surface area contributed by atoms with Crippen LogP contribution in [0.4, 0.5) is 0 Å². The number of aromatic nitrogens is 1. The number of methoxy groups -OCH3 is 1. The topological polar surface area (TPSA) is 51.5 Å². The Morgan fingerprint density at radius 1 is 1.39 bits per heavy atom. The highest BCUT2D eigenvalue weighted by Crippen LogP contribution is 2.28. The molecule has 0 aliphatic carbocycles. The fraction of sp³-hybridized carbons (Fsp3) is 0.214.